The zero-order valence-electron chi connectivity index (χ0n) is 16.4. The molecule has 0 atom stereocenters. The summed E-state index contributed by atoms with van der Waals surface area (Å²) in [4.78, 5) is 3.20. The number of rotatable bonds is 6. The van der Waals surface area contributed by atoms with Crippen molar-refractivity contribution in [3.8, 4) is 0 Å². The zero-order valence-corrected chi connectivity index (χ0v) is 17.2. The van der Waals surface area contributed by atoms with Gasteiger partial charge in [0.1, 0.15) is 38.5 Å². The number of aromatic nitrogens is 3. The van der Waals surface area contributed by atoms with E-state index in [1.807, 2.05) is 15.6 Å². The van der Waals surface area contributed by atoms with Crippen LogP contribution in [0.3, 0.4) is 0 Å². The Labute approximate surface area is 171 Å². The fourth-order valence-electron chi connectivity index (χ4n) is 4.24. The van der Waals surface area contributed by atoms with Crippen LogP contribution in [-0.2, 0) is 13.2 Å². The molecule has 0 unspecified atom stereocenters. The van der Waals surface area contributed by atoms with E-state index in [1.165, 1.54) is 11.1 Å². The Morgan fingerprint density at radius 2 is 1.50 bits per heavy atom. The average Bonchev–Trinajstić information content (AvgIpc) is 3.10. The van der Waals surface area contributed by atoms with Crippen molar-refractivity contribution < 1.29 is 9.80 Å². The fraction of sp³-hybridized carbons (Fsp3) is 0.364. The van der Waals surface area contributed by atoms with E-state index in [0.717, 1.165) is 44.2 Å². The molecule has 4 rings (SSSR count). The van der Waals surface area contributed by atoms with Crippen LogP contribution in [0.1, 0.15) is 24.1 Å². The standard InChI is InChI=1S/C22H27N5S/c1-2-25-17-23-27(22(25)28)18-24-13-15-26(16-14-24)21(19-9-5-3-6-10-19)20-11-7-4-8-12-20/h3-12,17,21H,2,13-16,18H2,1H3/p+2. The molecule has 0 spiro atoms. The highest BCUT2D eigenvalue weighted by Gasteiger charge is 2.31. The van der Waals surface area contributed by atoms with Crippen molar-refractivity contribution in [1.29, 1.82) is 0 Å². The molecule has 2 aromatic carbocycles. The monoisotopic (exact) mass is 395 g/mol. The molecule has 28 heavy (non-hydrogen) atoms. The molecule has 5 nitrogen and oxygen atoms in total. The van der Waals surface area contributed by atoms with Crippen LogP contribution in [0.2, 0.25) is 0 Å². The molecule has 6 heteroatoms. The Bertz CT molecular complexity index is 887. The number of piperazine rings is 1. The van der Waals surface area contributed by atoms with Crippen molar-refractivity contribution in [1.82, 2.24) is 14.3 Å². The third kappa shape index (κ3) is 4.09. The van der Waals surface area contributed by atoms with Gasteiger partial charge < -0.3 is 14.4 Å². The SMILES string of the molecule is CCn1cnn(C[NH+]2CC[NH+](C(c3ccccc3)c3ccccc3)CC2)c1=S. The number of quaternary nitrogens is 2. The van der Waals surface area contributed by atoms with E-state index in [0.29, 0.717) is 6.04 Å². The van der Waals surface area contributed by atoms with Gasteiger partial charge in [-0.1, -0.05) is 60.7 Å². The minimum atomic E-state index is 0.394. The first-order valence-electron chi connectivity index (χ1n) is 10.2. The fourth-order valence-corrected chi connectivity index (χ4v) is 4.52. The summed E-state index contributed by atoms with van der Waals surface area (Å²) in [6, 6.07) is 22.3. The Hall–Kier alpha value is -2.28. The van der Waals surface area contributed by atoms with Gasteiger partial charge in [-0.2, -0.15) is 9.78 Å². The number of benzene rings is 2. The van der Waals surface area contributed by atoms with Crippen LogP contribution in [0.15, 0.2) is 67.0 Å². The maximum absolute atomic E-state index is 5.53. The summed E-state index contributed by atoms with van der Waals surface area (Å²) in [5.74, 6) is 0. The van der Waals surface area contributed by atoms with Gasteiger partial charge in [0.15, 0.2) is 6.67 Å². The molecule has 1 fully saturated rings. The van der Waals surface area contributed by atoms with Crippen LogP contribution in [0.25, 0.3) is 0 Å². The van der Waals surface area contributed by atoms with Crippen LogP contribution < -0.4 is 9.80 Å². The lowest BCUT2D eigenvalue weighted by atomic mass is 9.96. The van der Waals surface area contributed by atoms with Gasteiger partial charge in [-0.3, -0.25) is 0 Å². The number of aryl methyl sites for hydroxylation is 1. The van der Waals surface area contributed by atoms with E-state index in [4.69, 9.17) is 12.2 Å². The average molecular weight is 396 g/mol. The lowest BCUT2D eigenvalue weighted by Crippen LogP contribution is -3.27. The van der Waals surface area contributed by atoms with Crippen molar-refractivity contribution in [3.63, 3.8) is 0 Å². The number of nitrogens with one attached hydrogen (secondary N) is 2. The highest BCUT2D eigenvalue weighted by molar-refractivity contribution is 7.71. The van der Waals surface area contributed by atoms with Crippen molar-refractivity contribution in [2.45, 2.75) is 26.2 Å². The molecule has 1 saturated heterocycles. The lowest BCUT2D eigenvalue weighted by molar-refractivity contribution is -1.03. The second-order valence-electron chi connectivity index (χ2n) is 7.52. The summed E-state index contributed by atoms with van der Waals surface area (Å²) >= 11 is 5.53. The highest BCUT2D eigenvalue weighted by Crippen LogP contribution is 2.18. The molecule has 2 heterocycles. The quantitative estimate of drug-likeness (QED) is 0.610. The van der Waals surface area contributed by atoms with E-state index in [9.17, 15) is 0 Å². The summed E-state index contributed by atoms with van der Waals surface area (Å²) in [6.45, 7) is 8.39. The molecule has 3 aromatic rings. The summed E-state index contributed by atoms with van der Waals surface area (Å²) < 4.78 is 4.83. The van der Waals surface area contributed by atoms with Crippen LogP contribution in [-0.4, -0.2) is 40.5 Å². The molecule has 1 aliphatic rings. The largest absolute Gasteiger partial charge is 0.316 e. The molecule has 0 radical (unpaired) electrons. The summed E-state index contributed by atoms with van der Waals surface area (Å²) in [5.41, 5.74) is 2.80. The Kier molecular flexibility index (Phi) is 6.00. The van der Waals surface area contributed by atoms with Crippen LogP contribution >= 0.6 is 12.2 Å². The van der Waals surface area contributed by atoms with E-state index >= 15 is 0 Å². The summed E-state index contributed by atoms with van der Waals surface area (Å²) in [5, 5.41) is 4.48. The van der Waals surface area contributed by atoms with Gasteiger partial charge in [-0.25, -0.2) is 0 Å². The maximum atomic E-state index is 5.53. The number of nitrogens with zero attached hydrogens (tertiary/aromatic N) is 3. The third-order valence-electron chi connectivity index (χ3n) is 5.78. The van der Waals surface area contributed by atoms with Gasteiger partial charge in [0, 0.05) is 17.7 Å². The van der Waals surface area contributed by atoms with Gasteiger partial charge in [0.25, 0.3) is 0 Å². The van der Waals surface area contributed by atoms with Crippen molar-refractivity contribution in [2.75, 3.05) is 26.2 Å². The van der Waals surface area contributed by atoms with Crippen LogP contribution in [0.4, 0.5) is 0 Å². The van der Waals surface area contributed by atoms with Gasteiger partial charge in [0.05, 0.1) is 0 Å². The van der Waals surface area contributed by atoms with Gasteiger partial charge >= 0.3 is 0 Å². The molecular formula is C22H29N5S+2. The van der Waals surface area contributed by atoms with Crippen LogP contribution in [0, 0.1) is 4.77 Å². The second kappa shape index (κ2) is 8.82. The highest BCUT2D eigenvalue weighted by atomic mass is 32.1. The molecule has 0 saturated carbocycles. The first-order chi connectivity index (χ1) is 13.8. The van der Waals surface area contributed by atoms with Gasteiger partial charge in [-0.15, -0.1) is 0 Å². The van der Waals surface area contributed by atoms with Crippen LogP contribution in [0.5, 0.6) is 0 Å². The molecule has 0 amide bonds. The maximum Gasteiger partial charge on any atom is 0.202 e. The van der Waals surface area contributed by atoms with E-state index in [1.54, 1.807) is 9.80 Å². The molecule has 0 aliphatic carbocycles. The van der Waals surface area contributed by atoms with Crippen molar-refractivity contribution >= 4 is 12.2 Å². The first kappa shape index (κ1) is 19.1. The van der Waals surface area contributed by atoms with E-state index < -0.39 is 0 Å². The van der Waals surface area contributed by atoms with Gasteiger partial charge in [0.2, 0.25) is 4.77 Å². The predicted octanol–water partition coefficient (Wildman–Crippen LogP) is 0.964. The topological polar surface area (TPSA) is 31.6 Å². The predicted molar refractivity (Wildman–Crippen MR) is 113 cm³/mol. The molecule has 2 N–H and O–H groups in total. The van der Waals surface area contributed by atoms with E-state index in [2.05, 4.69) is 72.7 Å². The van der Waals surface area contributed by atoms with Crippen molar-refractivity contribution in [2.24, 2.45) is 0 Å². The Balaban J connectivity index is 1.47. The zero-order chi connectivity index (χ0) is 19.3. The second-order valence-corrected chi connectivity index (χ2v) is 7.88. The smallest absolute Gasteiger partial charge is 0.202 e. The molecule has 1 aromatic heterocycles. The summed E-state index contributed by atoms with van der Waals surface area (Å²) in [6.07, 6.45) is 1.85. The molecule has 146 valence electrons. The normalized spacial score (nSPS) is 19.8. The lowest BCUT2D eigenvalue weighted by Gasteiger charge is -2.35. The van der Waals surface area contributed by atoms with Gasteiger partial charge in [-0.05, 0) is 19.1 Å². The first-order valence-corrected chi connectivity index (χ1v) is 10.6. The molecular weight excluding hydrogens is 366 g/mol. The number of hydrogen-bond acceptors (Lipinski definition) is 2. The number of hydrogen-bond donors (Lipinski definition) is 2. The van der Waals surface area contributed by atoms with E-state index in [-0.39, 0.29) is 0 Å². The molecule has 1 aliphatic heterocycles. The Morgan fingerprint density at radius 1 is 0.929 bits per heavy atom. The summed E-state index contributed by atoms with van der Waals surface area (Å²) in [7, 11) is 0. The minimum absolute atomic E-state index is 0.394. The van der Waals surface area contributed by atoms with Crippen molar-refractivity contribution in [3.05, 3.63) is 82.9 Å². The Morgan fingerprint density at radius 3 is 2.00 bits per heavy atom. The third-order valence-corrected chi connectivity index (χ3v) is 6.23. The molecule has 0 bridgehead atoms. The minimum Gasteiger partial charge on any atom is -0.316 e.